The van der Waals surface area contributed by atoms with Crippen molar-refractivity contribution in [3.05, 3.63) is 93.5 Å². The van der Waals surface area contributed by atoms with Crippen LogP contribution in [0.1, 0.15) is 16.7 Å². The van der Waals surface area contributed by atoms with Crippen LogP contribution in [0.25, 0.3) is 0 Å². The van der Waals surface area contributed by atoms with Gasteiger partial charge in [-0.25, -0.2) is 8.42 Å². The molecule has 3 atom stereocenters. The van der Waals surface area contributed by atoms with Crippen molar-refractivity contribution in [3.63, 3.8) is 0 Å². The molecule has 3 heterocycles. The molecule has 1 amide bonds. The fourth-order valence-corrected chi connectivity index (χ4v) is 8.19. The number of methoxy groups -OCH3 is 1. The molecule has 0 unspecified atom stereocenters. The van der Waals surface area contributed by atoms with Crippen molar-refractivity contribution in [3.8, 4) is 5.75 Å². The molecule has 3 aromatic rings. The highest BCUT2D eigenvalue weighted by molar-refractivity contribution is 7.93. The lowest BCUT2D eigenvalue weighted by Crippen LogP contribution is -2.62. The maximum atomic E-state index is 14.4. The first-order chi connectivity index (χ1) is 18.0. The number of para-hydroxylation sites is 1. The topological polar surface area (TPSA) is 122 Å². The van der Waals surface area contributed by atoms with Crippen LogP contribution in [0.15, 0.2) is 71.6 Å². The lowest BCUT2D eigenvalue weighted by molar-refractivity contribution is -0.555. The highest BCUT2D eigenvalue weighted by atomic mass is 32.2. The van der Waals surface area contributed by atoms with Crippen molar-refractivity contribution in [1.29, 1.82) is 0 Å². The molecular weight excluding hydrogens is 528 g/mol. The van der Waals surface area contributed by atoms with Crippen molar-refractivity contribution in [2.24, 2.45) is 0 Å². The summed E-state index contributed by atoms with van der Waals surface area (Å²) in [6.45, 7) is 1.82. The molecule has 3 aliphatic rings. The average Bonchev–Trinajstić information content (AvgIpc) is 3.44. The molecular formula is C26H22N4O6S2. The molecule has 194 valence electrons. The number of sulfonamides is 1. The highest BCUT2D eigenvalue weighted by Gasteiger charge is 2.81. The zero-order valence-corrected chi connectivity index (χ0v) is 22.2. The molecule has 1 saturated heterocycles. The van der Waals surface area contributed by atoms with Crippen molar-refractivity contribution in [2.75, 3.05) is 23.4 Å². The van der Waals surface area contributed by atoms with E-state index >= 15 is 0 Å². The summed E-state index contributed by atoms with van der Waals surface area (Å²) < 4.78 is 35.1. The second-order valence-corrected chi connectivity index (χ2v) is 11.8. The number of nitrogens with zero attached hydrogens (tertiary/aromatic N) is 3. The van der Waals surface area contributed by atoms with E-state index in [0.717, 1.165) is 9.87 Å². The number of amides is 1. The third-order valence-corrected chi connectivity index (χ3v) is 9.95. The predicted molar refractivity (Wildman–Crippen MR) is 144 cm³/mol. The molecule has 0 aromatic heterocycles. The van der Waals surface area contributed by atoms with Gasteiger partial charge in [0.1, 0.15) is 5.75 Å². The highest BCUT2D eigenvalue weighted by Crippen LogP contribution is 2.61. The Morgan fingerprint density at radius 3 is 2.39 bits per heavy atom. The van der Waals surface area contributed by atoms with E-state index in [-0.39, 0.29) is 26.9 Å². The molecule has 0 saturated carbocycles. The number of hydrogen-bond donors (Lipinski definition) is 1. The molecule has 1 spiro atoms. The van der Waals surface area contributed by atoms with Gasteiger partial charge in [-0.05, 0) is 43.3 Å². The van der Waals surface area contributed by atoms with E-state index in [0.29, 0.717) is 11.3 Å². The van der Waals surface area contributed by atoms with E-state index in [9.17, 15) is 23.3 Å². The molecule has 3 aliphatic heterocycles. The van der Waals surface area contributed by atoms with Crippen LogP contribution in [0.5, 0.6) is 5.75 Å². The third kappa shape index (κ3) is 2.68. The number of hydrogen-bond acceptors (Lipinski definition) is 7. The maximum Gasteiger partial charge on any atom is 0.322 e. The summed E-state index contributed by atoms with van der Waals surface area (Å²) in [6, 6.07) is 15.9. The SMILES string of the molecule is COc1ccc2c(c1)[C@@]1([N+](=O)[O-])C(=S)N[C@]3(C(=O)N(C)c4ccccc43)[C@H]1N2S(=O)(=O)c1ccc(C)cc1. The van der Waals surface area contributed by atoms with E-state index in [1.165, 1.54) is 42.3 Å². The Hall–Kier alpha value is -4.03. The van der Waals surface area contributed by atoms with Crippen LogP contribution in [0.2, 0.25) is 0 Å². The number of ether oxygens (including phenoxy) is 1. The minimum Gasteiger partial charge on any atom is -0.497 e. The quantitative estimate of drug-likeness (QED) is 0.299. The smallest absolute Gasteiger partial charge is 0.322 e. The minimum absolute atomic E-state index is 0.0387. The first-order valence-corrected chi connectivity index (χ1v) is 13.5. The summed E-state index contributed by atoms with van der Waals surface area (Å²) in [6.07, 6.45) is 0. The van der Waals surface area contributed by atoms with E-state index < -0.39 is 38.0 Å². The van der Waals surface area contributed by atoms with Gasteiger partial charge in [0.2, 0.25) is 0 Å². The van der Waals surface area contributed by atoms with Crippen LogP contribution in [-0.4, -0.2) is 44.4 Å². The summed E-state index contributed by atoms with van der Waals surface area (Å²) in [5.41, 5.74) is -2.24. The summed E-state index contributed by atoms with van der Waals surface area (Å²) >= 11 is 5.65. The lowest BCUT2D eigenvalue weighted by atomic mass is 9.77. The Bertz CT molecular complexity index is 1680. The van der Waals surface area contributed by atoms with Crippen LogP contribution in [0, 0.1) is 17.0 Å². The summed E-state index contributed by atoms with van der Waals surface area (Å²) in [7, 11) is -1.47. The van der Waals surface area contributed by atoms with Crippen molar-refractivity contribution in [2.45, 2.75) is 28.9 Å². The summed E-state index contributed by atoms with van der Waals surface area (Å²) in [5, 5.41) is 16.1. The summed E-state index contributed by atoms with van der Waals surface area (Å²) in [5.74, 6) is -0.254. The van der Waals surface area contributed by atoms with Crippen LogP contribution in [0.3, 0.4) is 0 Å². The number of nitrogens with one attached hydrogen (secondary N) is 1. The van der Waals surface area contributed by atoms with Crippen LogP contribution < -0.4 is 19.3 Å². The van der Waals surface area contributed by atoms with Gasteiger partial charge in [-0.3, -0.25) is 19.2 Å². The number of aryl methyl sites for hydroxylation is 1. The first-order valence-electron chi connectivity index (χ1n) is 11.7. The number of benzene rings is 3. The number of carbonyl (C=O) groups excluding carboxylic acids is 1. The molecule has 0 radical (unpaired) electrons. The van der Waals surface area contributed by atoms with Gasteiger partial charge in [0.05, 0.1) is 23.3 Å². The Morgan fingerprint density at radius 2 is 1.74 bits per heavy atom. The molecule has 1 fully saturated rings. The third-order valence-electron chi connectivity index (χ3n) is 7.75. The second-order valence-electron chi connectivity index (χ2n) is 9.57. The molecule has 3 aromatic carbocycles. The van der Waals surface area contributed by atoms with Crippen molar-refractivity contribution in [1.82, 2.24) is 5.32 Å². The number of nitro groups is 1. The van der Waals surface area contributed by atoms with Crippen LogP contribution >= 0.6 is 12.2 Å². The van der Waals surface area contributed by atoms with Gasteiger partial charge < -0.3 is 15.0 Å². The molecule has 38 heavy (non-hydrogen) atoms. The number of rotatable bonds is 4. The van der Waals surface area contributed by atoms with Gasteiger partial charge in [-0.1, -0.05) is 48.1 Å². The van der Waals surface area contributed by atoms with Gasteiger partial charge in [0.25, 0.3) is 15.9 Å². The molecule has 10 nitrogen and oxygen atoms in total. The monoisotopic (exact) mass is 550 g/mol. The number of anilines is 2. The Balaban J connectivity index is 1.74. The first kappa shape index (κ1) is 24.3. The molecule has 0 bridgehead atoms. The normalized spacial score (nSPS) is 25.3. The zero-order valence-electron chi connectivity index (χ0n) is 20.5. The number of carbonyl (C=O) groups is 1. The van der Waals surface area contributed by atoms with Crippen LogP contribution in [0.4, 0.5) is 11.4 Å². The van der Waals surface area contributed by atoms with E-state index in [4.69, 9.17) is 17.0 Å². The standard InChI is InChI=1S/C26H22N4O6S2/c1-15-8-11-17(12-9-15)38(34,35)29-21-13-10-16(36-3)14-19(21)26(30(32)33)22(29)25(27-23(26)37)18-6-4-5-7-20(18)28(2)24(25)31/h4-14,22H,1-3H3,(H,27,37)/t22-,25+,26+/m1/s1. The molecule has 1 N–H and O–H groups in total. The molecule has 12 heteroatoms. The average molecular weight is 551 g/mol. The van der Waals surface area contributed by atoms with Crippen LogP contribution in [-0.2, 0) is 25.9 Å². The van der Waals surface area contributed by atoms with E-state index in [2.05, 4.69) is 5.32 Å². The van der Waals surface area contributed by atoms with Gasteiger partial charge in [-0.15, -0.1) is 0 Å². The van der Waals surface area contributed by atoms with Gasteiger partial charge >= 0.3 is 5.54 Å². The van der Waals surface area contributed by atoms with Gasteiger partial charge in [0.15, 0.2) is 16.6 Å². The van der Waals surface area contributed by atoms with Crippen molar-refractivity contribution < 1.29 is 22.9 Å². The number of thiocarbonyl (C=S) groups is 1. The minimum atomic E-state index is -4.43. The van der Waals surface area contributed by atoms with E-state index in [1.807, 2.05) is 6.92 Å². The zero-order chi connectivity index (χ0) is 27.2. The predicted octanol–water partition coefficient (Wildman–Crippen LogP) is 2.86. The fourth-order valence-electron chi connectivity index (χ4n) is 6.02. The Kier molecular flexibility index (Phi) is 4.95. The molecule has 6 rings (SSSR count). The Labute approximate surface area is 224 Å². The van der Waals surface area contributed by atoms with E-state index in [1.54, 1.807) is 43.4 Å². The lowest BCUT2D eigenvalue weighted by Gasteiger charge is -2.36. The number of likely N-dealkylation sites (N-methyl/N-ethyl adjacent to an activating group) is 1. The van der Waals surface area contributed by atoms with Crippen molar-refractivity contribution >= 4 is 44.5 Å². The van der Waals surface area contributed by atoms with Gasteiger partial charge in [0, 0.05) is 23.2 Å². The molecule has 0 aliphatic carbocycles. The van der Waals surface area contributed by atoms with Gasteiger partial charge in [-0.2, -0.15) is 0 Å². The second kappa shape index (κ2) is 7.74. The largest absolute Gasteiger partial charge is 0.497 e. The number of fused-ring (bicyclic) bond motifs is 6. The Morgan fingerprint density at radius 1 is 1.05 bits per heavy atom. The summed E-state index contributed by atoms with van der Waals surface area (Å²) in [4.78, 5) is 27.7. The maximum absolute atomic E-state index is 14.4. The fraction of sp³-hybridized carbons (Fsp3) is 0.231.